The van der Waals surface area contributed by atoms with Gasteiger partial charge in [0.1, 0.15) is 11.6 Å². The van der Waals surface area contributed by atoms with Gasteiger partial charge in [0.2, 0.25) is 11.8 Å². The van der Waals surface area contributed by atoms with Gasteiger partial charge < -0.3 is 5.11 Å². The first-order valence-corrected chi connectivity index (χ1v) is 15.6. The second-order valence-electron chi connectivity index (χ2n) is 11.3. The van der Waals surface area contributed by atoms with Gasteiger partial charge >= 0.3 is 0 Å². The van der Waals surface area contributed by atoms with Crippen molar-refractivity contribution in [3.8, 4) is 5.75 Å². The summed E-state index contributed by atoms with van der Waals surface area (Å²) >= 11 is 22.4. The highest BCUT2D eigenvalue weighted by Crippen LogP contribution is 2.66. The molecule has 2 aliphatic heterocycles. The van der Waals surface area contributed by atoms with E-state index in [4.69, 9.17) is 34.8 Å². The van der Waals surface area contributed by atoms with Crippen LogP contribution in [0, 0.1) is 23.6 Å². The first-order valence-electron chi connectivity index (χ1n) is 13.6. The molecule has 220 valence electrons. The number of alkyl halides is 2. The maximum Gasteiger partial charge on any atom is 0.258 e. The molecule has 1 saturated carbocycles. The van der Waals surface area contributed by atoms with Gasteiger partial charge in [0.25, 0.3) is 11.8 Å². The smallest absolute Gasteiger partial charge is 0.258 e. The quantitative estimate of drug-likeness (QED) is 0.210. The summed E-state index contributed by atoms with van der Waals surface area (Å²) in [7, 11) is 0. The number of aromatic hydroxyl groups is 1. The highest BCUT2D eigenvalue weighted by Gasteiger charge is 2.76. The fourth-order valence-electron chi connectivity index (χ4n) is 7.28. The van der Waals surface area contributed by atoms with E-state index in [2.05, 4.69) is 0 Å². The number of carbonyl (C=O) groups excluding carboxylic acids is 4. The Hall–Kier alpha value is -3.24. The van der Waals surface area contributed by atoms with Gasteiger partial charge in [-0.25, -0.2) is 9.29 Å². The monoisotopic (exact) mass is 658 g/mol. The summed E-state index contributed by atoms with van der Waals surface area (Å²) in [6.45, 7) is 0.129. The van der Waals surface area contributed by atoms with Gasteiger partial charge in [0, 0.05) is 21.4 Å². The van der Waals surface area contributed by atoms with Crippen LogP contribution in [0.4, 0.5) is 10.1 Å². The third-order valence-electron chi connectivity index (χ3n) is 9.18. The van der Waals surface area contributed by atoms with Crippen molar-refractivity contribution in [2.75, 3.05) is 4.90 Å². The Morgan fingerprint density at radius 1 is 0.977 bits per heavy atom. The molecule has 3 aromatic rings. The number of benzene rings is 2. The lowest BCUT2D eigenvalue weighted by atomic mass is 9.56. The summed E-state index contributed by atoms with van der Waals surface area (Å²) in [4.78, 5) is 54.7. The van der Waals surface area contributed by atoms with Crippen LogP contribution in [-0.4, -0.2) is 43.4 Å². The van der Waals surface area contributed by atoms with E-state index in [-0.39, 0.29) is 53.2 Å². The second kappa shape index (κ2) is 9.89. The van der Waals surface area contributed by atoms with E-state index in [0.29, 0.717) is 5.57 Å². The molecule has 7 nitrogen and oxygen atoms in total. The molecule has 6 atom stereocenters. The summed E-state index contributed by atoms with van der Waals surface area (Å²) in [5.41, 5.74) is 0.770. The third-order valence-corrected chi connectivity index (χ3v) is 11.7. The third kappa shape index (κ3) is 3.91. The number of phenolic OH excluding ortho intramolecular Hbond substituents is 1. The van der Waals surface area contributed by atoms with Crippen molar-refractivity contribution >= 4 is 75.5 Å². The predicted molar refractivity (Wildman–Crippen MR) is 160 cm³/mol. The molecule has 1 aromatic heterocycles. The molecule has 0 radical (unpaired) electrons. The number of hydrogen-bond donors (Lipinski definition) is 1. The first kappa shape index (κ1) is 28.5. The Balaban J connectivity index is 1.39. The Labute approximate surface area is 264 Å². The average molecular weight is 660 g/mol. The molecule has 4 amide bonds. The standard InChI is InChI=1S/C31H22Cl3FN2O5S/c32-15-3-10-23(38)21(12-15)25-19-8-9-20-24(27(40)36(26(20)39)14-18-2-1-11-43-18)22(19)13-30(33)28(41)37(29(42)31(25,30)34)17-6-4-16(35)5-7-17/h1-8,10-12,20,22,24-25,38H,9,13-14H2. The number of fused-ring (bicyclic) bond motifs is 4. The van der Waals surface area contributed by atoms with Gasteiger partial charge in [0.05, 0.1) is 24.1 Å². The van der Waals surface area contributed by atoms with Crippen LogP contribution in [0.15, 0.2) is 71.6 Å². The maximum atomic E-state index is 14.3. The van der Waals surface area contributed by atoms with Crippen molar-refractivity contribution in [3.05, 3.63) is 92.9 Å². The number of rotatable bonds is 4. The Bertz CT molecular complexity index is 1750. The Morgan fingerprint density at radius 3 is 2.42 bits per heavy atom. The van der Waals surface area contributed by atoms with Crippen molar-refractivity contribution < 1.29 is 28.7 Å². The number of allylic oxidation sites excluding steroid dienone is 2. The van der Waals surface area contributed by atoms with Crippen LogP contribution in [0.2, 0.25) is 5.02 Å². The van der Waals surface area contributed by atoms with Gasteiger partial charge in [-0.05, 0) is 72.7 Å². The number of amides is 4. The van der Waals surface area contributed by atoms with E-state index < -0.39 is 51.1 Å². The molecule has 0 bridgehead atoms. The molecule has 12 heteroatoms. The summed E-state index contributed by atoms with van der Waals surface area (Å²) in [5, 5.41) is 13.2. The van der Waals surface area contributed by atoms with Crippen LogP contribution in [0.3, 0.4) is 0 Å². The van der Waals surface area contributed by atoms with E-state index in [0.717, 1.165) is 21.9 Å². The van der Waals surface area contributed by atoms with Crippen LogP contribution in [0.1, 0.15) is 29.2 Å². The Morgan fingerprint density at radius 2 is 1.72 bits per heavy atom. The van der Waals surface area contributed by atoms with Crippen LogP contribution in [-0.2, 0) is 25.7 Å². The number of carbonyl (C=O) groups is 4. The topological polar surface area (TPSA) is 95.0 Å². The van der Waals surface area contributed by atoms with Crippen molar-refractivity contribution in [1.29, 1.82) is 0 Å². The molecule has 4 aliphatic rings. The van der Waals surface area contributed by atoms with E-state index in [1.54, 1.807) is 6.08 Å². The average Bonchev–Trinajstić information content (AvgIpc) is 3.62. The molecule has 2 aliphatic carbocycles. The van der Waals surface area contributed by atoms with Crippen molar-refractivity contribution in [2.24, 2.45) is 17.8 Å². The largest absolute Gasteiger partial charge is 0.508 e. The lowest BCUT2D eigenvalue weighted by molar-refractivity contribution is -0.141. The first-order chi connectivity index (χ1) is 20.5. The van der Waals surface area contributed by atoms with Gasteiger partial charge in [-0.1, -0.05) is 29.3 Å². The molecule has 6 unspecified atom stereocenters. The molecule has 7 rings (SSSR count). The molecule has 43 heavy (non-hydrogen) atoms. The van der Waals surface area contributed by atoms with Gasteiger partial charge in [-0.2, -0.15) is 0 Å². The minimum Gasteiger partial charge on any atom is -0.508 e. The number of anilines is 1. The van der Waals surface area contributed by atoms with Crippen molar-refractivity contribution in [1.82, 2.24) is 4.90 Å². The lowest BCUT2D eigenvalue weighted by Crippen LogP contribution is -2.60. The fourth-order valence-corrected chi connectivity index (χ4v) is 9.08. The van der Waals surface area contributed by atoms with Gasteiger partial charge in [-0.15, -0.1) is 34.5 Å². The van der Waals surface area contributed by atoms with E-state index in [9.17, 15) is 28.7 Å². The van der Waals surface area contributed by atoms with Gasteiger partial charge in [-0.3, -0.25) is 24.1 Å². The van der Waals surface area contributed by atoms with Crippen LogP contribution < -0.4 is 4.90 Å². The molecule has 1 N–H and O–H groups in total. The fraction of sp³-hybridized carbons (Fsp3) is 0.290. The number of phenols is 1. The highest BCUT2D eigenvalue weighted by atomic mass is 35.5. The molecule has 2 saturated heterocycles. The summed E-state index contributed by atoms with van der Waals surface area (Å²) in [6.07, 6.45) is 1.78. The van der Waals surface area contributed by atoms with Crippen LogP contribution >= 0.6 is 46.1 Å². The minimum atomic E-state index is -2.15. The number of imide groups is 2. The van der Waals surface area contributed by atoms with Crippen LogP contribution in [0.25, 0.3) is 0 Å². The zero-order chi connectivity index (χ0) is 30.4. The highest BCUT2D eigenvalue weighted by molar-refractivity contribution is 7.09. The Kier molecular flexibility index (Phi) is 6.56. The zero-order valence-electron chi connectivity index (χ0n) is 22.2. The molecular formula is C31H22Cl3FN2O5S. The number of likely N-dealkylation sites (tertiary alicyclic amines) is 1. The maximum absolute atomic E-state index is 14.3. The van der Waals surface area contributed by atoms with E-state index in [1.807, 2.05) is 17.5 Å². The lowest BCUT2D eigenvalue weighted by Gasteiger charge is -2.50. The van der Waals surface area contributed by atoms with E-state index in [1.165, 1.54) is 46.6 Å². The molecular weight excluding hydrogens is 638 g/mol. The minimum absolute atomic E-state index is 0.0731. The number of hydrogen-bond acceptors (Lipinski definition) is 6. The zero-order valence-corrected chi connectivity index (χ0v) is 25.3. The molecule has 2 aromatic carbocycles. The predicted octanol–water partition coefficient (Wildman–Crippen LogP) is 6.01. The molecule has 0 spiro atoms. The SMILES string of the molecule is O=C1C2CC=C3C(CC4(Cl)C(=O)N(c5ccc(F)cc5)C(=O)C4(Cl)C3c3cc(Cl)ccc3O)C2C(=O)N1Cc1cccs1. The van der Waals surface area contributed by atoms with E-state index >= 15 is 0 Å². The van der Waals surface area contributed by atoms with Gasteiger partial charge in [0.15, 0.2) is 9.75 Å². The van der Waals surface area contributed by atoms with Crippen LogP contribution in [0.5, 0.6) is 5.75 Å². The van der Waals surface area contributed by atoms with Crippen molar-refractivity contribution in [2.45, 2.75) is 35.1 Å². The number of thiophene rings is 1. The number of halogens is 4. The summed E-state index contributed by atoms with van der Waals surface area (Å²) in [6, 6.07) is 12.7. The second-order valence-corrected chi connectivity index (χ2v) is 14.0. The summed E-state index contributed by atoms with van der Waals surface area (Å²) < 4.78 is 13.8. The summed E-state index contributed by atoms with van der Waals surface area (Å²) in [5.74, 6) is -6.64. The molecule has 3 fully saturated rings. The normalized spacial score (nSPS) is 31.7. The van der Waals surface area contributed by atoms with Crippen molar-refractivity contribution in [3.63, 3.8) is 0 Å². The number of nitrogens with zero attached hydrogens (tertiary/aromatic N) is 2. The molecule has 3 heterocycles.